The van der Waals surface area contributed by atoms with Crippen molar-refractivity contribution in [2.45, 2.75) is 37.5 Å². The van der Waals surface area contributed by atoms with Gasteiger partial charge >= 0.3 is 5.97 Å². The first-order chi connectivity index (χ1) is 18.2. The van der Waals surface area contributed by atoms with Crippen LogP contribution in [0, 0.1) is 17.1 Å². The van der Waals surface area contributed by atoms with E-state index < -0.39 is 35.2 Å². The number of halogens is 2. The first-order valence-electron chi connectivity index (χ1n) is 11.9. The number of hydrogen-bond acceptors (Lipinski definition) is 7. The molecule has 3 N–H and O–H groups in total. The van der Waals surface area contributed by atoms with E-state index in [9.17, 15) is 20.0 Å². The van der Waals surface area contributed by atoms with Crippen molar-refractivity contribution in [3.05, 3.63) is 71.3 Å². The number of nitrogens with two attached hydrogens (primary N) is 1. The highest BCUT2D eigenvalue weighted by Crippen LogP contribution is 2.38. The average Bonchev–Trinajstić information content (AvgIpc) is 3.33. The zero-order valence-corrected chi connectivity index (χ0v) is 20.7. The fraction of sp³-hybridized carbons (Fsp3) is 0.333. The van der Waals surface area contributed by atoms with Crippen LogP contribution in [-0.4, -0.2) is 58.0 Å². The number of likely N-dealkylation sites (tertiary alicyclic amines) is 1. The number of esters is 1. The number of primary amides is 1. The molecule has 38 heavy (non-hydrogen) atoms. The van der Waals surface area contributed by atoms with Crippen LogP contribution in [0.1, 0.15) is 34.5 Å². The third-order valence-electron chi connectivity index (χ3n) is 6.97. The van der Waals surface area contributed by atoms with Gasteiger partial charge in [0.1, 0.15) is 11.7 Å². The summed E-state index contributed by atoms with van der Waals surface area (Å²) in [5.41, 5.74) is 5.23. The standard InChI is InChI=1S/C27H27F2N5O4/c1-38-23(35)13-21-20(26(31)37)15-34(32-21)27(9-11-30)10-12-33(16-22(27)28)14-18-7-8-19(25(36)24(18)29)17-5-3-2-4-6-17/h2-8,15,22,36H,9-10,12-14,16H2,1H3,(H2,31,37). The topological polar surface area (TPSA) is 134 Å². The van der Waals surface area contributed by atoms with Crippen LogP contribution < -0.4 is 5.73 Å². The van der Waals surface area contributed by atoms with E-state index in [0.29, 0.717) is 11.1 Å². The van der Waals surface area contributed by atoms with Crippen molar-refractivity contribution in [1.29, 1.82) is 5.26 Å². The molecule has 2 aromatic carbocycles. The summed E-state index contributed by atoms with van der Waals surface area (Å²) < 4.78 is 36.8. The van der Waals surface area contributed by atoms with Crippen LogP contribution in [0.5, 0.6) is 5.75 Å². The molecule has 2 atom stereocenters. The Morgan fingerprint density at radius 1 is 1.29 bits per heavy atom. The Hall–Kier alpha value is -4.30. The van der Waals surface area contributed by atoms with E-state index >= 15 is 8.78 Å². The number of aromatic nitrogens is 2. The molecule has 0 saturated carbocycles. The number of nitrogens with zero attached hydrogens (tertiary/aromatic N) is 4. The van der Waals surface area contributed by atoms with Crippen LogP contribution in [0.15, 0.2) is 48.7 Å². The van der Waals surface area contributed by atoms with E-state index in [1.165, 1.54) is 18.0 Å². The maximum atomic E-state index is 15.9. The van der Waals surface area contributed by atoms with Gasteiger partial charge in [-0.1, -0.05) is 42.5 Å². The molecule has 0 aliphatic carbocycles. The van der Waals surface area contributed by atoms with Crippen molar-refractivity contribution in [1.82, 2.24) is 14.7 Å². The largest absolute Gasteiger partial charge is 0.504 e. The van der Waals surface area contributed by atoms with Gasteiger partial charge in [0.05, 0.1) is 37.3 Å². The van der Waals surface area contributed by atoms with Crippen LogP contribution in [0.4, 0.5) is 8.78 Å². The van der Waals surface area contributed by atoms with Crippen LogP contribution in [-0.2, 0) is 28.0 Å². The Morgan fingerprint density at radius 2 is 2.03 bits per heavy atom. The van der Waals surface area contributed by atoms with Crippen molar-refractivity contribution in [3.8, 4) is 22.9 Å². The smallest absolute Gasteiger partial charge is 0.311 e. The van der Waals surface area contributed by atoms with Crippen molar-refractivity contribution >= 4 is 11.9 Å². The number of carbonyl (C=O) groups is 2. The highest BCUT2D eigenvalue weighted by Gasteiger charge is 2.46. The Kier molecular flexibility index (Phi) is 7.73. The maximum Gasteiger partial charge on any atom is 0.311 e. The number of phenols is 1. The Bertz CT molecular complexity index is 1390. The molecule has 198 valence electrons. The zero-order valence-electron chi connectivity index (χ0n) is 20.7. The predicted molar refractivity (Wildman–Crippen MR) is 133 cm³/mol. The number of benzene rings is 2. The van der Waals surface area contributed by atoms with Crippen LogP contribution >= 0.6 is 0 Å². The fourth-order valence-electron chi connectivity index (χ4n) is 4.82. The summed E-state index contributed by atoms with van der Waals surface area (Å²) in [4.78, 5) is 25.4. The van der Waals surface area contributed by atoms with E-state index in [2.05, 4.69) is 9.84 Å². The molecule has 3 aromatic rings. The number of amides is 1. The Morgan fingerprint density at radius 3 is 2.66 bits per heavy atom. The van der Waals surface area contributed by atoms with Gasteiger partial charge < -0.3 is 15.6 Å². The second-order valence-corrected chi connectivity index (χ2v) is 9.24. The molecule has 0 radical (unpaired) electrons. The molecule has 11 heteroatoms. The summed E-state index contributed by atoms with van der Waals surface area (Å²) in [6.45, 7) is 0.165. The number of piperidine rings is 1. The van der Waals surface area contributed by atoms with Crippen molar-refractivity contribution in [3.63, 3.8) is 0 Å². The normalized spacial score (nSPS) is 19.6. The summed E-state index contributed by atoms with van der Waals surface area (Å²) in [6, 6.07) is 14.1. The molecule has 0 bridgehead atoms. The maximum absolute atomic E-state index is 15.9. The molecule has 1 amide bonds. The first kappa shape index (κ1) is 26.8. The molecule has 2 heterocycles. The number of rotatable bonds is 8. The third-order valence-corrected chi connectivity index (χ3v) is 6.97. The summed E-state index contributed by atoms with van der Waals surface area (Å²) in [7, 11) is 1.19. The predicted octanol–water partition coefficient (Wildman–Crippen LogP) is 3.06. The minimum atomic E-state index is -1.62. The van der Waals surface area contributed by atoms with Crippen LogP contribution in [0.25, 0.3) is 11.1 Å². The van der Waals surface area contributed by atoms with E-state index in [1.807, 2.05) is 12.1 Å². The highest BCUT2D eigenvalue weighted by atomic mass is 19.1. The van der Waals surface area contributed by atoms with Gasteiger partial charge in [0.25, 0.3) is 5.91 Å². The summed E-state index contributed by atoms with van der Waals surface area (Å²) >= 11 is 0. The number of ether oxygens (including phenoxy) is 1. The fourth-order valence-corrected chi connectivity index (χ4v) is 4.82. The molecule has 1 fully saturated rings. The number of nitriles is 1. The van der Waals surface area contributed by atoms with E-state index in [1.54, 1.807) is 41.3 Å². The Balaban J connectivity index is 1.57. The summed E-state index contributed by atoms with van der Waals surface area (Å²) in [5.74, 6) is -2.75. The Labute approximate surface area is 218 Å². The molecular weight excluding hydrogens is 496 g/mol. The summed E-state index contributed by atoms with van der Waals surface area (Å²) in [6.07, 6.45) is -0.826. The number of methoxy groups -OCH3 is 1. The number of hydrogen-bond donors (Lipinski definition) is 2. The van der Waals surface area contributed by atoms with Crippen LogP contribution in [0.2, 0.25) is 0 Å². The van der Waals surface area contributed by atoms with E-state index in [4.69, 9.17) is 5.73 Å². The van der Waals surface area contributed by atoms with E-state index in [-0.39, 0.29) is 55.7 Å². The van der Waals surface area contributed by atoms with Gasteiger partial charge in [-0.3, -0.25) is 19.2 Å². The van der Waals surface area contributed by atoms with Gasteiger partial charge in [-0.15, -0.1) is 0 Å². The number of phenolic OH excluding ortho intramolecular Hbond substituents is 1. The molecule has 1 saturated heterocycles. The second kappa shape index (κ2) is 11.0. The quantitative estimate of drug-likeness (QED) is 0.433. The van der Waals surface area contributed by atoms with Crippen molar-refractivity contribution in [2.24, 2.45) is 5.73 Å². The van der Waals surface area contributed by atoms with Crippen molar-refractivity contribution < 1.29 is 28.2 Å². The molecule has 2 unspecified atom stereocenters. The van der Waals surface area contributed by atoms with Gasteiger partial charge in [0.15, 0.2) is 11.6 Å². The lowest BCUT2D eigenvalue weighted by Crippen LogP contribution is -2.54. The molecule has 9 nitrogen and oxygen atoms in total. The van der Waals surface area contributed by atoms with Gasteiger partial charge in [0.2, 0.25) is 0 Å². The minimum absolute atomic E-state index is 0.0346. The number of alkyl halides is 1. The average molecular weight is 524 g/mol. The molecule has 1 aromatic heterocycles. The molecule has 1 aliphatic heterocycles. The lowest BCUT2D eigenvalue weighted by molar-refractivity contribution is -0.139. The lowest BCUT2D eigenvalue weighted by atomic mass is 9.83. The number of carbonyl (C=O) groups excluding carboxylic acids is 2. The number of aromatic hydroxyl groups is 1. The van der Waals surface area contributed by atoms with Crippen LogP contribution in [0.3, 0.4) is 0 Å². The third kappa shape index (κ3) is 5.08. The molecule has 1 aliphatic rings. The molecule has 0 spiro atoms. The highest BCUT2D eigenvalue weighted by molar-refractivity contribution is 5.94. The minimum Gasteiger partial charge on any atom is -0.504 e. The first-order valence-corrected chi connectivity index (χ1v) is 11.9. The molecular formula is C27H27F2N5O4. The summed E-state index contributed by atoms with van der Waals surface area (Å²) in [5, 5.41) is 24.3. The van der Waals surface area contributed by atoms with Gasteiger partial charge in [-0.25, -0.2) is 8.78 Å². The SMILES string of the molecule is COC(=O)Cc1nn(C2(CC#N)CCN(Cc3ccc(-c4ccccc4)c(O)c3F)CC2F)cc1C(N)=O. The van der Waals surface area contributed by atoms with Gasteiger partial charge in [-0.05, 0) is 12.0 Å². The van der Waals surface area contributed by atoms with Gasteiger partial charge in [0, 0.05) is 37.0 Å². The van der Waals surface area contributed by atoms with Crippen molar-refractivity contribution in [2.75, 3.05) is 20.2 Å². The monoisotopic (exact) mass is 523 g/mol. The molecule has 4 rings (SSSR count). The lowest BCUT2D eigenvalue weighted by Gasteiger charge is -2.43. The van der Waals surface area contributed by atoms with Gasteiger partial charge in [-0.2, -0.15) is 10.4 Å². The zero-order chi connectivity index (χ0) is 27.4. The van der Waals surface area contributed by atoms with E-state index in [0.717, 1.165) is 0 Å². The second-order valence-electron chi connectivity index (χ2n) is 9.24.